The summed E-state index contributed by atoms with van der Waals surface area (Å²) in [5, 5.41) is 9.19. The molecule has 0 atom stereocenters. The maximum absolute atomic E-state index is 6.29. The molecule has 0 fully saturated rings. The van der Waals surface area contributed by atoms with E-state index in [9.17, 15) is 0 Å². The summed E-state index contributed by atoms with van der Waals surface area (Å²) in [6.45, 7) is 0. The highest BCUT2D eigenvalue weighted by Gasteiger charge is 2.35. The molecular formula is C16H12Cl2N6O. The highest BCUT2D eigenvalue weighted by molar-refractivity contribution is 6.31. The minimum Gasteiger partial charge on any atom is -0.382 e. The van der Waals surface area contributed by atoms with Crippen molar-refractivity contribution in [2.75, 3.05) is 9.80 Å². The summed E-state index contributed by atoms with van der Waals surface area (Å²) in [6, 6.07) is 14.2. The van der Waals surface area contributed by atoms with E-state index in [1.807, 2.05) is 0 Å². The highest BCUT2D eigenvalue weighted by atomic mass is 35.5. The summed E-state index contributed by atoms with van der Waals surface area (Å²) in [7, 11) is 0. The van der Waals surface area contributed by atoms with Crippen LogP contribution in [0.15, 0.2) is 64.8 Å². The molecular weight excluding hydrogens is 363 g/mol. The first-order valence-electron chi connectivity index (χ1n) is 7.25. The van der Waals surface area contributed by atoms with Gasteiger partial charge >= 0.3 is 0 Å². The third-order valence-corrected chi connectivity index (χ3v) is 4.30. The molecule has 4 rings (SSSR count). The number of benzene rings is 2. The Morgan fingerprint density at radius 2 is 1.04 bits per heavy atom. The highest BCUT2D eigenvalue weighted by Crippen LogP contribution is 2.42. The van der Waals surface area contributed by atoms with Crippen molar-refractivity contribution in [1.82, 2.24) is 10.3 Å². The zero-order valence-electron chi connectivity index (χ0n) is 12.7. The van der Waals surface area contributed by atoms with Gasteiger partial charge in [-0.15, -0.1) is 0 Å². The average molecular weight is 375 g/mol. The molecule has 2 heterocycles. The van der Waals surface area contributed by atoms with E-state index in [0.29, 0.717) is 33.3 Å². The Kier molecular flexibility index (Phi) is 3.67. The van der Waals surface area contributed by atoms with Crippen LogP contribution < -0.4 is 21.3 Å². The van der Waals surface area contributed by atoms with E-state index >= 15 is 0 Å². The Balaban J connectivity index is 1.87. The van der Waals surface area contributed by atoms with Crippen LogP contribution in [0, 0.1) is 0 Å². The number of hydrogen-bond acceptors (Lipinski definition) is 7. The van der Waals surface area contributed by atoms with Crippen LogP contribution in [0.4, 0.5) is 23.0 Å². The molecule has 0 saturated heterocycles. The normalized spacial score (nSPS) is 14.0. The maximum atomic E-state index is 6.29. The molecule has 3 aromatic rings. The molecule has 4 N–H and O–H groups in total. The molecule has 2 aromatic carbocycles. The number of nitrogens with zero attached hydrogens (tertiary/aromatic N) is 4. The summed E-state index contributed by atoms with van der Waals surface area (Å²) >= 11 is 11.9. The van der Waals surface area contributed by atoms with Crippen LogP contribution in [-0.4, -0.2) is 10.3 Å². The monoisotopic (exact) mass is 374 g/mol. The van der Waals surface area contributed by atoms with Crippen molar-refractivity contribution in [2.45, 2.75) is 0 Å². The Morgan fingerprint density at radius 1 is 0.680 bits per heavy atom. The molecule has 0 amide bonds. The summed E-state index contributed by atoms with van der Waals surface area (Å²) in [5.41, 5.74) is 14.1. The zero-order chi connectivity index (χ0) is 17.6. The molecule has 0 radical (unpaired) electrons. The lowest BCUT2D eigenvalue weighted by atomic mass is 10.2. The van der Waals surface area contributed by atoms with Crippen LogP contribution in [0.3, 0.4) is 0 Å². The van der Waals surface area contributed by atoms with Gasteiger partial charge in [0.1, 0.15) is 0 Å². The zero-order valence-corrected chi connectivity index (χ0v) is 14.2. The van der Waals surface area contributed by atoms with Gasteiger partial charge in [0, 0.05) is 21.4 Å². The van der Waals surface area contributed by atoms with E-state index in [0.717, 1.165) is 11.4 Å². The van der Waals surface area contributed by atoms with Gasteiger partial charge in [-0.3, -0.25) is 9.80 Å². The third-order valence-electron chi connectivity index (χ3n) is 3.79. The van der Waals surface area contributed by atoms with Crippen LogP contribution in [0.2, 0.25) is 10.0 Å². The van der Waals surface area contributed by atoms with Gasteiger partial charge in [0.2, 0.25) is 11.6 Å². The van der Waals surface area contributed by atoms with E-state index < -0.39 is 0 Å². The first-order chi connectivity index (χ1) is 12.1. The molecule has 126 valence electrons. The SMILES string of the molecule is NC1=C(N)N(c2ccc(Cl)cc2)c2nonc2N1c1ccc(Cl)cc1. The van der Waals surface area contributed by atoms with Crippen molar-refractivity contribution in [3.63, 3.8) is 0 Å². The first kappa shape index (κ1) is 15.6. The van der Waals surface area contributed by atoms with Gasteiger partial charge in [-0.25, -0.2) is 4.63 Å². The molecule has 1 aromatic heterocycles. The van der Waals surface area contributed by atoms with Gasteiger partial charge in [-0.1, -0.05) is 23.2 Å². The van der Waals surface area contributed by atoms with Crippen LogP contribution in [0.1, 0.15) is 0 Å². The van der Waals surface area contributed by atoms with Crippen molar-refractivity contribution in [3.05, 3.63) is 70.2 Å². The van der Waals surface area contributed by atoms with Crippen molar-refractivity contribution >= 4 is 46.2 Å². The number of fused-ring (bicyclic) bond motifs is 1. The maximum Gasteiger partial charge on any atom is 0.229 e. The van der Waals surface area contributed by atoms with E-state index in [1.54, 1.807) is 58.3 Å². The predicted octanol–water partition coefficient (Wildman–Crippen LogP) is 3.71. The second-order valence-electron chi connectivity index (χ2n) is 5.31. The lowest BCUT2D eigenvalue weighted by Gasteiger charge is -2.34. The largest absolute Gasteiger partial charge is 0.382 e. The molecule has 0 unspecified atom stereocenters. The second kappa shape index (κ2) is 5.87. The fraction of sp³-hybridized carbons (Fsp3) is 0. The Bertz CT molecular complexity index is 876. The molecule has 9 heteroatoms. The molecule has 0 aliphatic carbocycles. The first-order valence-corrected chi connectivity index (χ1v) is 8.01. The Morgan fingerprint density at radius 3 is 1.40 bits per heavy atom. The number of halogens is 2. The minimum absolute atomic E-state index is 0.292. The van der Waals surface area contributed by atoms with Gasteiger partial charge in [-0.05, 0) is 58.8 Å². The molecule has 0 saturated carbocycles. The Labute approximate surface area is 153 Å². The number of rotatable bonds is 2. The number of hydrogen-bond donors (Lipinski definition) is 2. The molecule has 0 spiro atoms. The van der Waals surface area contributed by atoms with E-state index in [1.165, 1.54) is 0 Å². The van der Waals surface area contributed by atoms with E-state index in [4.69, 9.17) is 39.3 Å². The lowest BCUT2D eigenvalue weighted by Crippen LogP contribution is -2.38. The summed E-state index contributed by atoms with van der Waals surface area (Å²) in [5.74, 6) is 1.42. The average Bonchev–Trinajstić information content (AvgIpc) is 3.07. The predicted molar refractivity (Wildman–Crippen MR) is 96.9 cm³/mol. The van der Waals surface area contributed by atoms with Gasteiger partial charge in [0.25, 0.3) is 0 Å². The second-order valence-corrected chi connectivity index (χ2v) is 6.18. The molecule has 1 aliphatic rings. The third kappa shape index (κ3) is 2.54. The van der Waals surface area contributed by atoms with Crippen LogP contribution >= 0.6 is 23.2 Å². The summed E-state index contributed by atoms with van der Waals surface area (Å²) in [6.07, 6.45) is 0. The van der Waals surface area contributed by atoms with Crippen LogP contribution in [0.5, 0.6) is 0 Å². The van der Waals surface area contributed by atoms with E-state index in [-0.39, 0.29) is 0 Å². The lowest BCUT2D eigenvalue weighted by molar-refractivity contribution is 0.309. The number of anilines is 4. The van der Waals surface area contributed by atoms with Crippen LogP contribution in [0.25, 0.3) is 0 Å². The summed E-state index contributed by atoms with van der Waals surface area (Å²) < 4.78 is 4.94. The van der Waals surface area contributed by atoms with Crippen molar-refractivity contribution < 1.29 is 4.63 Å². The molecule has 25 heavy (non-hydrogen) atoms. The van der Waals surface area contributed by atoms with Gasteiger partial charge in [0.05, 0.1) is 0 Å². The quantitative estimate of drug-likeness (QED) is 0.705. The molecule has 0 bridgehead atoms. The van der Waals surface area contributed by atoms with Crippen molar-refractivity contribution in [3.8, 4) is 0 Å². The minimum atomic E-state index is 0.292. The number of nitrogens with two attached hydrogens (primary N) is 2. The van der Waals surface area contributed by atoms with Gasteiger partial charge in [-0.2, -0.15) is 0 Å². The Hall–Kier alpha value is -2.90. The van der Waals surface area contributed by atoms with Crippen molar-refractivity contribution in [2.24, 2.45) is 11.5 Å². The fourth-order valence-electron chi connectivity index (χ4n) is 2.62. The van der Waals surface area contributed by atoms with Gasteiger partial charge in [0.15, 0.2) is 11.6 Å². The fourth-order valence-corrected chi connectivity index (χ4v) is 2.87. The summed E-state index contributed by atoms with van der Waals surface area (Å²) in [4.78, 5) is 3.31. The number of aromatic nitrogens is 2. The van der Waals surface area contributed by atoms with Crippen molar-refractivity contribution in [1.29, 1.82) is 0 Å². The van der Waals surface area contributed by atoms with Crippen LogP contribution in [-0.2, 0) is 0 Å². The van der Waals surface area contributed by atoms with E-state index in [2.05, 4.69) is 10.3 Å². The molecule has 7 nitrogen and oxygen atoms in total. The standard InChI is InChI=1S/C16H12Cl2N6O/c17-9-1-5-11(6-2-9)23-13(19)14(20)24(16-15(23)21-25-22-16)12-7-3-10(18)4-8-12/h1-8H,19-20H2. The smallest absolute Gasteiger partial charge is 0.229 e. The molecule has 1 aliphatic heterocycles. The topological polar surface area (TPSA) is 97.4 Å². The van der Waals surface area contributed by atoms with Gasteiger partial charge < -0.3 is 11.5 Å².